The highest BCUT2D eigenvalue weighted by Crippen LogP contribution is 2.27. The minimum Gasteiger partial charge on any atom is -0.258 e. The molecule has 0 N–H and O–H groups in total. The highest BCUT2D eigenvalue weighted by molar-refractivity contribution is 6.31. The molecule has 0 atom stereocenters. The molecule has 0 unspecified atom stereocenters. The molecule has 0 spiro atoms. The molecule has 78 valence electrons. The van der Waals surface area contributed by atoms with Crippen molar-refractivity contribution < 1.29 is 4.92 Å². The smallest absolute Gasteiger partial charge is 0.258 e. The number of aryl methyl sites for hydroxylation is 2. The van der Waals surface area contributed by atoms with Gasteiger partial charge in [0.05, 0.1) is 4.92 Å². The van der Waals surface area contributed by atoms with Crippen LogP contribution in [0.1, 0.15) is 25.5 Å². The normalized spacial score (nSPS) is 10.5. The predicted octanol–water partition coefficient (Wildman–Crippen LogP) is 2.55. The van der Waals surface area contributed by atoms with Gasteiger partial charge in [0.2, 0.25) is 5.15 Å². The zero-order chi connectivity index (χ0) is 10.7. The molecular weight excluding hydrogens is 206 g/mol. The quantitative estimate of drug-likeness (QED) is 0.575. The number of halogens is 1. The van der Waals surface area contributed by atoms with Gasteiger partial charge in [-0.3, -0.25) is 10.1 Å². The molecule has 0 aliphatic carbocycles. The third-order valence-electron chi connectivity index (χ3n) is 1.94. The summed E-state index contributed by atoms with van der Waals surface area (Å²) in [7, 11) is 0. The Labute approximate surface area is 86.8 Å². The van der Waals surface area contributed by atoms with E-state index in [1.54, 1.807) is 6.92 Å². The Morgan fingerprint density at radius 2 is 2.29 bits per heavy atom. The summed E-state index contributed by atoms with van der Waals surface area (Å²) in [6.45, 7) is 4.26. The second-order valence-electron chi connectivity index (χ2n) is 3.06. The number of rotatable bonds is 4. The van der Waals surface area contributed by atoms with E-state index in [1.807, 2.05) is 6.92 Å². The molecule has 1 rings (SSSR count). The summed E-state index contributed by atoms with van der Waals surface area (Å²) in [6.07, 6.45) is 1.92. The van der Waals surface area contributed by atoms with Crippen LogP contribution >= 0.6 is 11.6 Å². The first-order valence-corrected chi connectivity index (χ1v) is 4.83. The third-order valence-corrected chi connectivity index (χ3v) is 2.32. The Balaban J connectivity index is 2.98. The Morgan fingerprint density at radius 3 is 2.71 bits per heavy atom. The first-order valence-electron chi connectivity index (χ1n) is 4.45. The maximum Gasteiger partial charge on any atom is 0.328 e. The summed E-state index contributed by atoms with van der Waals surface area (Å²) in [5.41, 5.74) is 0.291. The summed E-state index contributed by atoms with van der Waals surface area (Å²) in [5, 5.41) is 14.7. The summed E-state index contributed by atoms with van der Waals surface area (Å²) < 4.78 is 1.48. The van der Waals surface area contributed by atoms with E-state index >= 15 is 0 Å². The molecule has 0 saturated heterocycles. The average Bonchev–Trinajstić information content (AvgIpc) is 2.38. The molecule has 0 radical (unpaired) electrons. The Hall–Kier alpha value is -1.10. The number of unbranched alkanes of at least 4 members (excludes halogenated alkanes) is 1. The molecule has 0 aromatic carbocycles. The fourth-order valence-electron chi connectivity index (χ4n) is 1.21. The predicted molar refractivity (Wildman–Crippen MR) is 53.5 cm³/mol. The van der Waals surface area contributed by atoms with Gasteiger partial charge in [0.15, 0.2) is 0 Å². The van der Waals surface area contributed by atoms with Crippen LogP contribution < -0.4 is 0 Å². The van der Waals surface area contributed by atoms with Crippen LogP contribution in [-0.2, 0) is 6.54 Å². The van der Waals surface area contributed by atoms with E-state index in [0.717, 1.165) is 12.8 Å². The van der Waals surface area contributed by atoms with Gasteiger partial charge in [-0.05, 0) is 13.3 Å². The van der Waals surface area contributed by atoms with E-state index in [-0.39, 0.29) is 10.8 Å². The van der Waals surface area contributed by atoms with E-state index in [0.29, 0.717) is 12.2 Å². The zero-order valence-corrected chi connectivity index (χ0v) is 8.91. The first kappa shape index (κ1) is 11.0. The largest absolute Gasteiger partial charge is 0.328 e. The highest BCUT2D eigenvalue weighted by Gasteiger charge is 2.23. The van der Waals surface area contributed by atoms with E-state index in [4.69, 9.17) is 11.6 Å². The van der Waals surface area contributed by atoms with Crippen molar-refractivity contribution in [2.45, 2.75) is 33.2 Å². The van der Waals surface area contributed by atoms with E-state index in [1.165, 1.54) is 4.68 Å². The molecule has 0 saturated carbocycles. The number of hydrogen-bond acceptors (Lipinski definition) is 3. The van der Waals surface area contributed by atoms with Crippen molar-refractivity contribution in [1.82, 2.24) is 9.78 Å². The Kier molecular flexibility index (Phi) is 3.46. The summed E-state index contributed by atoms with van der Waals surface area (Å²) in [5.74, 6) is 0. The molecule has 14 heavy (non-hydrogen) atoms. The molecule has 6 heteroatoms. The van der Waals surface area contributed by atoms with Crippen molar-refractivity contribution in [3.63, 3.8) is 0 Å². The maximum absolute atomic E-state index is 10.6. The molecule has 0 amide bonds. The second kappa shape index (κ2) is 4.41. The Morgan fingerprint density at radius 1 is 1.64 bits per heavy atom. The lowest BCUT2D eigenvalue weighted by atomic mass is 10.3. The van der Waals surface area contributed by atoms with Gasteiger partial charge in [0.1, 0.15) is 5.69 Å². The fourth-order valence-corrected chi connectivity index (χ4v) is 1.54. The van der Waals surface area contributed by atoms with Crippen LogP contribution in [0.2, 0.25) is 5.15 Å². The molecular formula is C8H12ClN3O2. The number of nitro groups is 1. The van der Waals surface area contributed by atoms with Crippen molar-refractivity contribution >= 4 is 17.3 Å². The molecule has 0 aliphatic heterocycles. The van der Waals surface area contributed by atoms with Gasteiger partial charge in [-0.2, -0.15) is 5.10 Å². The van der Waals surface area contributed by atoms with Crippen LogP contribution in [0.25, 0.3) is 0 Å². The van der Waals surface area contributed by atoms with Gasteiger partial charge >= 0.3 is 5.69 Å². The molecule has 1 aromatic rings. The van der Waals surface area contributed by atoms with Crippen LogP contribution in [0.4, 0.5) is 5.69 Å². The van der Waals surface area contributed by atoms with Crippen LogP contribution in [-0.4, -0.2) is 14.7 Å². The monoisotopic (exact) mass is 217 g/mol. The van der Waals surface area contributed by atoms with Gasteiger partial charge in [-0.25, -0.2) is 4.68 Å². The number of nitrogens with zero attached hydrogens (tertiary/aromatic N) is 3. The van der Waals surface area contributed by atoms with Gasteiger partial charge in [0.25, 0.3) is 0 Å². The summed E-state index contributed by atoms with van der Waals surface area (Å²) >= 11 is 5.82. The lowest BCUT2D eigenvalue weighted by Gasteiger charge is -1.98. The van der Waals surface area contributed by atoms with E-state index in [2.05, 4.69) is 5.10 Å². The van der Waals surface area contributed by atoms with Crippen LogP contribution in [0, 0.1) is 17.0 Å². The van der Waals surface area contributed by atoms with Crippen molar-refractivity contribution in [1.29, 1.82) is 0 Å². The minimum absolute atomic E-state index is 0.0808. The standard InChI is InChI=1S/C8H12ClN3O2/c1-3-4-5-11-8(9)7(12(13)14)6(2)10-11/h3-5H2,1-2H3. The summed E-state index contributed by atoms with van der Waals surface area (Å²) in [6, 6.07) is 0. The fraction of sp³-hybridized carbons (Fsp3) is 0.625. The first-order chi connectivity index (χ1) is 6.57. The van der Waals surface area contributed by atoms with Crippen molar-refractivity contribution in [2.24, 2.45) is 0 Å². The molecule has 1 aromatic heterocycles. The van der Waals surface area contributed by atoms with Gasteiger partial charge in [-0.15, -0.1) is 0 Å². The Bertz CT molecular complexity index is 349. The van der Waals surface area contributed by atoms with Crippen molar-refractivity contribution in [3.8, 4) is 0 Å². The van der Waals surface area contributed by atoms with Crippen LogP contribution in [0.15, 0.2) is 0 Å². The SMILES string of the molecule is CCCCn1nc(C)c([N+](=O)[O-])c1Cl. The zero-order valence-electron chi connectivity index (χ0n) is 8.16. The number of aromatic nitrogens is 2. The maximum atomic E-state index is 10.6. The third kappa shape index (κ3) is 2.04. The highest BCUT2D eigenvalue weighted by atomic mass is 35.5. The van der Waals surface area contributed by atoms with E-state index < -0.39 is 4.92 Å². The topological polar surface area (TPSA) is 61.0 Å². The minimum atomic E-state index is -0.493. The lowest BCUT2D eigenvalue weighted by Crippen LogP contribution is -2.00. The second-order valence-corrected chi connectivity index (χ2v) is 3.42. The number of hydrogen-bond donors (Lipinski definition) is 0. The molecule has 0 bridgehead atoms. The van der Waals surface area contributed by atoms with Crippen molar-refractivity contribution in [2.75, 3.05) is 0 Å². The molecule has 5 nitrogen and oxygen atoms in total. The molecule has 0 aliphatic rings. The summed E-state index contributed by atoms with van der Waals surface area (Å²) in [4.78, 5) is 10.1. The van der Waals surface area contributed by atoms with Gasteiger partial charge in [0, 0.05) is 6.54 Å². The molecule has 0 fully saturated rings. The van der Waals surface area contributed by atoms with Crippen LogP contribution in [0.3, 0.4) is 0 Å². The van der Waals surface area contributed by atoms with Crippen LogP contribution in [0.5, 0.6) is 0 Å². The van der Waals surface area contributed by atoms with Gasteiger partial charge in [-0.1, -0.05) is 24.9 Å². The van der Waals surface area contributed by atoms with Gasteiger partial charge < -0.3 is 0 Å². The molecule has 1 heterocycles. The average molecular weight is 218 g/mol. The van der Waals surface area contributed by atoms with Crippen molar-refractivity contribution in [3.05, 3.63) is 21.0 Å². The lowest BCUT2D eigenvalue weighted by molar-refractivity contribution is -0.385. The van der Waals surface area contributed by atoms with E-state index in [9.17, 15) is 10.1 Å².